The minimum absolute atomic E-state index is 0.175. The van der Waals surface area contributed by atoms with E-state index < -0.39 is 17.5 Å². The number of rotatable bonds is 2. The minimum Gasteiger partial charge on any atom is -0.351 e. The van der Waals surface area contributed by atoms with Crippen LogP contribution in [0.25, 0.3) is 11.0 Å². The highest BCUT2D eigenvalue weighted by Crippen LogP contribution is 2.27. The zero-order chi connectivity index (χ0) is 15.0. The topological polar surface area (TPSA) is 37.8 Å². The lowest BCUT2D eigenvalue weighted by atomic mass is 10.2. The lowest BCUT2D eigenvalue weighted by Gasteiger charge is -2.10. The van der Waals surface area contributed by atoms with Gasteiger partial charge in [0.05, 0.1) is 16.9 Å². The van der Waals surface area contributed by atoms with Gasteiger partial charge in [-0.05, 0) is 28.1 Å². The molecular weight excluding hydrogens is 347 g/mol. The van der Waals surface area contributed by atoms with E-state index in [1.165, 1.54) is 6.20 Å². The summed E-state index contributed by atoms with van der Waals surface area (Å²) in [5.74, 6) is -3.26. The predicted molar refractivity (Wildman–Crippen MR) is 76.8 cm³/mol. The van der Waals surface area contributed by atoms with Gasteiger partial charge in [-0.1, -0.05) is 0 Å². The van der Waals surface area contributed by atoms with Gasteiger partial charge in [-0.15, -0.1) is 0 Å². The number of nitrogens with one attached hydrogen (secondary N) is 1. The zero-order valence-electron chi connectivity index (χ0n) is 10.4. The highest BCUT2D eigenvalue weighted by molar-refractivity contribution is 9.10. The molecule has 3 aromatic rings. The zero-order valence-corrected chi connectivity index (χ0v) is 12.0. The van der Waals surface area contributed by atoms with Crippen LogP contribution in [0, 0.1) is 17.5 Å². The van der Waals surface area contributed by atoms with Gasteiger partial charge in [0.15, 0.2) is 11.6 Å². The number of aromatic nitrogens is 2. The summed E-state index contributed by atoms with van der Waals surface area (Å²) in [5.41, 5.74) is 1.34. The normalized spacial score (nSPS) is 10.9. The minimum atomic E-state index is -1.24. The summed E-state index contributed by atoms with van der Waals surface area (Å²) in [6.07, 6.45) is 3.08. The Balaban J connectivity index is 2.08. The van der Waals surface area contributed by atoms with Gasteiger partial charge < -0.3 is 5.32 Å². The molecular formula is C14H7BrF3N3. The number of fused-ring (bicyclic) bond motifs is 1. The van der Waals surface area contributed by atoms with E-state index in [4.69, 9.17) is 0 Å². The van der Waals surface area contributed by atoms with Gasteiger partial charge in [-0.3, -0.25) is 9.97 Å². The van der Waals surface area contributed by atoms with E-state index in [9.17, 15) is 13.2 Å². The molecule has 1 N–H and O–H groups in total. The maximum atomic E-state index is 13.7. The summed E-state index contributed by atoms with van der Waals surface area (Å²) in [6, 6.07) is 4.57. The molecule has 0 aliphatic heterocycles. The molecule has 0 spiro atoms. The number of nitrogens with zero attached hydrogens (tertiary/aromatic N) is 2. The van der Waals surface area contributed by atoms with Gasteiger partial charge in [0.25, 0.3) is 0 Å². The molecule has 7 heteroatoms. The highest BCUT2D eigenvalue weighted by atomic mass is 79.9. The van der Waals surface area contributed by atoms with E-state index in [0.29, 0.717) is 22.8 Å². The highest BCUT2D eigenvalue weighted by Gasteiger charge is 2.12. The molecule has 1 aromatic carbocycles. The molecule has 2 heterocycles. The van der Waals surface area contributed by atoms with Crippen LogP contribution in [0.15, 0.2) is 41.1 Å². The Morgan fingerprint density at radius 2 is 1.67 bits per heavy atom. The maximum absolute atomic E-state index is 13.7. The number of anilines is 2. The first-order valence-electron chi connectivity index (χ1n) is 5.86. The number of hydrogen-bond donors (Lipinski definition) is 1. The van der Waals surface area contributed by atoms with Crippen molar-refractivity contribution in [2.45, 2.75) is 0 Å². The standard InChI is InChI=1S/C14H7BrF3N3/c15-7-3-13-14(20-6-7)11(1-2-19-13)21-12-5-9(17)8(16)4-10(12)18/h1-6H,(H,19,21). The predicted octanol–water partition coefficient (Wildman–Crippen LogP) is 4.55. The quantitative estimate of drug-likeness (QED) is 0.686. The first-order valence-corrected chi connectivity index (χ1v) is 6.66. The van der Waals surface area contributed by atoms with Gasteiger partial charge in [-0.25, -0.2) is 13.2 Å². The van der Waals surface area contributed by atoms with E-state index in [2.05, 4.69) is 31.2 Å². The smallest absolute Gasteiger partial charge is 0.161 e. The second-order valence-corrected chi connectivity index (χ2v) is 5.17. The van der Waals surface area contributed by atoms with Crippen molar-refractivity contribution < 1.29 is 13.2 Å². The maximum Gasteiger partial charge on any atom is 0.161 e. The molecule has 0 fully saturated rings. The van der Waals surface area contributed by atoms with Gasteiger partial charge >= 0.3 is 0 Å². The molecule has 3 nitrogen and oxygen atoms in total. The third kappa shape index (κ3) is 2.69. The molecule has 0 aliphatic rings. The lowest BCUT2D eigenvalue weighted by Crippen LogP contribution is -1.99. The van der Waals surface area contributed by atoms with Crippen LogP contribution in [0.1, 0.15) is 0 Å². The molecule has 0 radical (unpaired) electrons. The van der Waals surface area contributed by atoms with Gasteiger partial charge in [0, 0.05) is 29.0 Å². The van der Waals surface area contributed by atoms with Crippen LogP contribution in [-0.2, 0) is 0 Å². The Kier molecular flexibility index (Phi) is 3.50. The van der Waals surface area contributed by atoms with E-state index in [0.717, 1.165) is 10.5 Å². The molecule has 0 atom stereocenters. The largest absolute Gasteiger partial charge is 0.351 e. The van der Waals surface area contributed by atoms with E-state index >= 15 is 0 Å². The Bertz CT molecular complexity index is 839. The van der Waals surface area contributed by atoms with Crippen LogP contribution in [0.2, 0.25) is 0 Å². The van der Waals surface area contributed by atoms with Crippen molar-refractivity contribution in [2.24, 2.45) is 0 Å². The fourth-order valence-corrected chi connectivity index (χ4v) is 2.19. The van der Waals surface area contributed by atoms with E-state index in [1.807, 2.05) is 0 Å². The molecule has 2 aromatic heterocycles. The molecule has 0 bridgehead atoms. The second-order valence-electron chi connectivity index (χ2n) is 4.25. The van der Waals surface area contributed by atoms with Crippen molar-refractivity contribution in [1.82, 2.24) is 9.97 Å². The summed E-state index contributed by atoms with van der Waals surface area (Å²) in [7, 11) is 0. The van der Waals surface area contributed by atoms with E-state index in [1.54, 1.807) is 18.3 Å². The first kappa shape index (κ1) is 13.8. The molecule has 0 unspecified atom stereocenters. The Morgan fingerprint density at radius 1 is 0.905 bits per heavy atom. The summed E-state index contributed by atoms with van der Waals surface area (Å²) < 4.78 is 40.6. The van der Waals surface area contributed by atoms with Crippen LogP contribution < -0.4 is 5.32 Å². The average molecular weight is 354 g/mol. The third-order valence-corrected chi connectivity index (χ3v) is 3.26. The Labute approximate surface area is 126 Å². The number of pyridine rings is 2. The molecule has 0 saturated carbocycles. The van der Waals surface area contributed by atoms with Crippen molar-refractivity contribution in [3.63, 3.8) is 0 Å². The molecule has 0 saturated heterocycles. The van der Waals surface area contributed by atoms with E-state index in [-0.39, 0.29) is 5.69 Å². The van der Waals surface area contributed by atoms with Crippen molar-refractivity contribution in [3.05, 3.63) is 58.6 Å². The fraction of sp³-hybridized carbons (Fsp3) is 0. The second kappa shape index (κ2) is 5.33. The van der Waals surface area contributed by atoms with Crippen LogP contribution >= 0.6 is 15.9 Å². The summed E-state index contributed by atoms with van der Waals surface area (Å²) in [6.45, 7) is 0. The molecule has 106 valence electrons. The molecule has 0 aliphatic carbocycles. The van der Waals surface area contributed by atoms with Crippen molar-refractivity contribution >= 4 is 38.3 Å². The van der Waals surface area contributed by atoms with Gasteiger partial charge in [0.1, 0.15) is 11.3 Å². The summed E-state index contributed by atoms with van der Waals surface area (Å²) >= 11 is 3.28. The lowest BCUT2D eigenvalue weighted by molar-refractivity contribution is 0.496. The van der Waals surface area contributed by atoms with Crippen LogP contribution in [0.3, 0.4) is 0 Å². The molecule has 3 rings (SSSR count). The molecule has 0 amide bonds. The SMILES string of the molecule is Fc1cc(F)c(Nc2ccnc3cc(Br)cnc23)cc1F. The number of hydrogen-bond acceptors (Lipinski definition) is 3. The Hall–Kier alpha value is -2.15. The van der Waals surface area contributed by atoms with Crippen molar-refractivity contribution in [2.75, 3.05) is 5.32 Å². The van der Waals surface area contributed by atoms with Crippen molar-refractivity contribution in [3.8, 4) is 0 Å². The van der Waals surface area contributed by atoms with Crippen LogP contribution in [0.5, 0.6) is 0 Å². The Morgan fingerprint density at radius 3 is 2.48 bits per heavy atom. The summed E-state index contributed by atoms with van der Waals surface area (Å²) in [4.78, 5) is 8.32. The third-order valence-electron chi connectivity index (χ3n) is 2.82. The monoisotopic (exact) mass is 353 g/mol. The van der Waals surface area contributed by atoms with Crippen molar-refractivity contribution in [1.29, 1.82) is 0 Å². The number of benzene rings is 1. The summed E-state index contributed by atoms with van der Waals surface area (Å²) in [5, 5.41) is 2.70. The van der Waals surface area contributed by atoms with Gasteiger partial charge in [-0.2, -0.15) is 0 Å². The number of halogens is 4. The average Bonchev–Trinajstić information content (AvgIpc) is 2.44. The van der Waals surface area contributed by atoms with Gasteiger partial charge in [0.2, 0.25) is 0 Å². The van der Waals surface area contributed by atoms with Crippen LogP contribution in [-0.4, -0.2) is 9.97 Å². The molecule has 21 heavy (non-hydrogen) atoms. The fourth-order valence-electron chi connectivity index (χ4n) is 1.87. The van der Waals surface area contributed by atoms with Crippen LogP contribution in [0.4, 0.5) is 24.5 Å². The first-order chi connectivity index (χ1) is 10.0.